The highest BCUT2D eigenvalue weighted by Gasteiger charge is 2.29. The largest absolute Gasteiger partial charge is 0.478 e. The Morgan fingerprint density at radius 3 is 2.43 bits per heavy atom. The number of benzene rings is 1. The van der Waals surface area contributed by atoms with Crippen LogP contribution in [0.3, 0.4) is 0 Å². The van der Waals surface area contributed by atoms with Gasteiger partial charge in [0.1, 0.15) is 0 Å². The van der Waals surface area contributed by atoms with Crippen LogP contribution in [-0.4, -0.2) is 11.1 Å². The minimum atomic E-state index is -3.12. The van der Waals surface area contributed by atoms with E-state index in [-0.39, 0.29) is 5.56 Å². The Bertz CT molecular complexity index is 367. The molecule has 0 amide bonds. The van der Waals surface area contributed by atoms with Crippen LogP contribution in [0.5, 0.6) is 0 Å². The number of carboxylic acids is 1. The Hall–Kier alpha value is -1.45. The SMILES string of the molecule is Cc1ccc(C(C)(F)F)c(C(=O)O)c1. The van der Waals surface area contributed by atoms with Crippen molar-refractivity contribution in [1.29, 1.82) is 0 Å². The van der Waals surface area contributed by atoms with E-state index in [2.05, 4.69) is 0 Å². The average Bonchev–Trinajstić information content (AvgIpc) is 2.01. The van der Waals surface area contributed by atoms with Crippen molar-refractivity contribution in [1.82, 2.24) is 0 Å². The zero-order chi connectivity index (χ0) is 10.9. The molecule has 0 bridgehead atoms. The highest BCUT2D eigenvalue weighted by Crippen LogP contribution is 2.30. The van der Waals surface area contributed by atoms with Crippen LogP contribution in [0.15, 0.2) is 18.2 Å². The number of halogens is 2. The second kappa shape index (κ2) is 3.36. The first kappa shape index (κ1) is 10.6. The Kier molecular flexibility index (Phi) is 2.55. The molecule has 1 rings (SSSR count). The molecule has 0 unspecified atom stereocenters. The fourth-order valence-corrected chi connectivity index (χ4v) is 1.22. The number of aromatic carboxylic acids is 1. The first-order chi connectivity index (χ1) is 6.32. The predicted molar refractivity (Wildman–Crippen MR) is 47.7 cm³/mol. The van der Waals surface area contributed by atoms with Gasteiger partial charge in [0.2, 0.25) is 0 Å². The van der Waals surface area contributed by atoms with Crippen molar-refractivity contribution in [3.05, 3.63) is 34.9 Å². The van der Waals surface area contributed by atoms with Crippen LogP contribution in [0.4, 0.5) is 8.78 Å². The maximum Gasteiger partial charge on any atom is 0.336 e. The van der Waals surface area contributed by atoms with Gasteiger partial charge in [-0.1, -0.05) is 17.7 Å². The van der Waals surface area contributed by atoms with Crippen LogP contribution in [0, 0.1) is 6.92 Å². The molecule has 0 saturated heterocycles. The number of carbonyl (C=O) groups is 1. The van der Waals surface area contributed by atoms with Crippen LogP contribution in [0.1, 0.15) is 28.4 Å². The van der Waals surface area contributed by atoms with Crippen molar-refractivity contribution >= 4 is 5.97 Å². The van der Waals surface area contributed by atoms with Gasteiger partial charge in [0.15, 0.2) is 0 Å². The topological polar surface area (TPSA) is 37.3 Å². The first-order valence-corrected chi connectivity index (χ1v) is 4.04. The zero-order valence-electron chi connectivity index (χ0n) is 7.84. The Labute approximate surface area is 80.2 Å². The predicted octanol–water partition coefficient (Wildman–Crippen LogP) is 2.80. The number of hydrogen-bond acceptors (Lipinski definition) is 1. The molecule has 2 nitrogen and oxygen atoms in total. The fraction of sp³-hybridized carbons (Fsp3) is 0.300. The van der Waals surface area contributed by atoms with E-state index in [0.717, 1.165) is 6.07 Å². The third kappa shape index (κ3) is 2.07. The van der Waals surface area contributed by atoms with E-state index in [4.69, 9.17) is 5.11 Å². The molecular formula is C10H10F2O2. The van der Waals surface area contributed by atoms with Crippen molar-refractivity contribution in [2.24, 2.45) is 0 Å². The van der Waals surface area contributed by atoms with Crippen LogP contribution in [0.25, 0.3) is 0 Å². The summed E-state index contributed by atoms with van der Waals surface area (Å²) in [6.45, 7) is 2.34. The molecule has 0 saturated carbocycles. The van der Waals surface area contributed by atoms with Crippen molar-refractivity contribution in [2.45, 2.75) is 19.8 Å². The molecule has 0 atom stereocenters. The molecule has 0 aliphatic heterocycles. The average molecular weight is 200 g/mol. The van der Waals surface area contributed by atoms with Gasteiger partial charge < -0.3 is 5.11 Å². The number of rotatable bonds is 2. The highest BCUT2D eigenvalue weighted by atomic mass is 19.3. The third-order valence-corrected chi connectivity index (χ3v) is 1.88. The van der Waals surface area contributed by atoms with Crippen LogP contribution in [-0.2, 0) is 5.92 Å². The minimum absolute atomic E-state index is 0.336. The lowest BCUT2D eigenvalue weighted by Gasteiger charge is -2.13. The molecular weight excluding hydrogens is 190 g/mol. The van der Waals surface area contributed by atoms with Gasteiger partial charge >= 0.3 is 5.97 Å². The third-order valence-electron chi connectivity index (χ3n) is 1.88. The lowest BCUT2D eigenvalue weighted by molar-refractivity contribution is 0.0153. The maximum atomic E-state index is 12.9. The molecule has 0 spiro atoms. The zero-order valence-corrected chi connectivity index (χ0v) is 7.84. The van der Waals surface area contributed by atoms with Crippen molar-refractivity contribution in [3.63, 3.8) is 0 Å². The number of carboxylic acid groups (broad SMARTS) is 1. The molecule has 0 fully saturated rings. The first-order valence-electron chi connectivity index (χ1n) is 4.04. The monoisotopic (exact) mass is 200 g/mol. The summed E-state index contributed by atoms with van der Waals surface area (Å²) in [6, 6.07) is 3.87. The van der Waals surface area contributed by atoms with Gasteiger partial charge in [-0.25, -0.2) is 13.6 Å². The van der Waals surface area contributed by atoms with E-state index in [1.807, 2.05) is 0 Å². The molecule has 14 heavy (non-hydrogen) atoms. The van der Waals surface area contributed by atoms with Gasteiger partial charge in [0.25, 0.3) is 5.92 Å². The summed E-state index contributed by atoms with van der Waals surface area (Å²) in [5.74, 6) is -4.45. The standard InChI is InChI=1S/C10H10F2O2/c1-6-3-4-8(10(2,11)12)7(5-6)9(13)14/h3-5H,1-2H3,(H,13,14). The van der Waals surface area contributed by atoms with Crippen molar-refractivity contribution in [2.75, 3.05) is 0 Å². The van der Waals surface area contributed by atoms with Crippen LogP contribution < -0.4 is 0 Å². The quantitative estimate of drug-likeness (QED) is 0.796. The smallest absolute Gasteiger partial charge is 0.336 e. The van der Waals surface area contributed by atoms with Gasteiger partial charge in [-0.2, -0.15) is 0 Å². The van der Waals surface area contributed by atoms with Crippen LogP contribution >= 0.6 is 0 Å². The Morgan fingerprint density at radius 1 is 1.43 bits per heavy atom. The van der Waals surface area contributed by atoms with E-state index in [1.165, 1.54) is 12.1 Å². The highest BCUT2D eigenvalue weighted by molar-refractivity contribution is 5.89. The number of aryl methyl sites for hydroxylation is 1. The summed E-state index contributed by atoms with van der Waals surface area (Å²) in [5, 5.41) is 8.72. The Balaban J connectivity index is 3.37. The summed E-state index contributed by atoms with van der Waals surface area (Å²) < 4.78 is 25.9. The lowest BCUT2D eigenvalue weighted by atomic mass is 10.0. The number of hydrogen-bond donors (Lipinski definition) is 1. The molecule has 0 aromatic heterocycles. The molecule has 0 heterocycles. The summed E-state index contributed by atoms with van der Waals surface area (Å²) in [4.78, 5) is 10.7. The molecule has 1 aromatic carbocycles. The summed E-state index contributed by atoms with van der Waals surface area (Å²) in [6.07, 6.45) is 0. The van der Waals surface area contributed by atoms with E-state index in [0.29, 0.717) is 12.5 Å². The lowest BCUT2D eigenvalue weighted by Crippen LogP contribution is -2.14. The minimum Gasteiger partial charge on any atom is -0.478 e. The van der Waals surface area contributed by atoms with Crippen molar-refractivity contribution in [3.8, 4) is 0 Å². The molecule has 76 valence electrons. The fourth-order valence-electron chi connectivity index (χ4n) is 1.22. The van der Waals surface area contributed by atoms with Gasteiger partial charge in [-0.05, 0) is 13.0 Å². The van der Waals surface area contributed by atoms with Gasteiger partial charge in [0.05, 0.1) is 5.56 Å². The molecule has 4 heteroatoms. The van der Waals surface area contributed by atoms with E-state index in [9.17, 15) is 13.6 Å². The van der Waals surface area contributed by atoms with E-state index < -0.39 is 17.5 Å². The second-order valence-electron chi connectivity index (χ2n) is 3.24. The normalized spacial score (nSPS) is 11.4. The van der Waals surface area contributed by atoms with Gasteiger partial charge in [0, 0.05) is 12.5 Å². The van der Waals surface area contributed by atoms with Crippen LogP contribution in [0.2, 0.25) is 0 Å². The summed E-state index contributed by atoms with van der Waals surface area (Å²) >= 11 is 0. The van der Waals surface area contributed by atoms with E-state index >= 15 is 0 Å². The molecule has 0 radical (unpaired) electrons. The van der Waals surface area contributed by atoms with Gasteiger partial charge in [-0.15, -0.1) is 0 Å². The van der Waals surface area contributed by atoms with Crippen molar-refractivity contribution < 1.29 is 18.7 Å². The molecule has 0 aliphatic rings. The maximum absolute atomic E-state index is 12.9. The summed E-state index contributed by atoms with van der Waals surface area (Å²) in [7, 11) is 0. The molecule has 1 N–H and O–H groups in total. The summed E-state index contributed by atoms with van der Waals surface area (Å²) in [5.41, 5.74) is -0.136. The number of alkyl halides is 2. The second-order valence-corrected chi connectivity index (χ2v) is 3.24. The Morgan fingerprint density at radius 2 is 2.00 bits per heavy atom. The van der Waals surface area contributed by atoms with Gasteiger partial charge in [-0.3, -0.25) is 0 Å². The van der Waals surface area contributed by atoms with E-state index in [1.54, 1.807) is 6.92 Å². The molecule has 0 aliphatic carbocycles. The molecule has 1 aromatic rings.